The van der Waals surface area contributed by atoms with E-state index in [9.17, 15) is 22.8 Å². The SMILES string of the molecule is Cc1cc(C(=O)NC(C)c2ccnc(NC(=O)C(C)C)c2)cnc1OCC(F)(F)F. The molecule has 7 nitrogen and oxygen atoms in total. The molecule has 2 rings (SSSR count). The number of ether oxygens (including phenoxy) is 1. The monoisotopic (exact) mass is 424 g/mol. The number of anilines is 1. The van der Waals surface area contributed by atoms with Crippen LogP contribution in [0.2, 0.25) is 0 Å². The fourth-order valence-corrected chi connectivity index (χ4v) is 2.41. The lowest BCUT2D eigenvalue weighted by atomic mass is 10.1. The van der Waals surface area contributed by atoms with Crippen LogP contribution < -0.4 is 15.4 Å². The van der Waals surface area contributed by atoms with Gasteiger partial charge in [-0.1, -0.05) is 13.8 Å². The Kier molecular flexibility index (Phi) is 7.36. The molecule has 0 saturated carbocycles. The highest BCUT2D eigenvalue weighted by Gasteiger charge is 2.29. The Morgan fingerprint density at radius 2 is 1.87 bits per heavy atom. The molecule has 0 aliphatic heterocycles. The first kappa shape index (κ1) is 23.1. The number of rotatable bonds is 7. The summed E-state index contributed by atoms with van der Waals surface area (Å²) in [5, 5.41) is 5.47. The normalized spacial score (nSPS) is 12.4. The van der Waals surface area contributed by atoms with Gasteiger partial charge in [0.05, 0.1) is 11.6 Å². The van der Waals surface area contributed by atoms with E-state index in [0.29, 0.717) is 16.9 Å². The predicted octanol–water partition coefficient (Wildman–Crippen LogP) is 3.81. The molecule has 0 aliphatic carbocycles. The van der Waals surface area contributed by atoms with Crippen molar-refractivity contribution >= 4 is 17.6 Å². The van der Waals surface area contributed by atoms with Gasteiger partial charge >= 0.3 is 6.18 Å². The summed E-state index contributed by atoms with van der Waals surface area (Å²) < 4.78 is 41.5. The standard InChI is InChI=1S/C20H23F3N4O3/c1-11(2)17(28)27-16-8-14(5-6-24-16)13(4)26-18(29)15-7-12(3)19(25-9-15)30-10-20(21,22)23/h5-9,11,13H,10H2,1-4H3,(H,26,29)(H,24,27,28). The molecule has 2 heterocycles. The molecule has 0 spiro atoms. The van der Waals surface area contributed by atoms with E-state index in [2.05, 4.69) is 25.3 Å². The van der Waals surface area contributed by atoms with Crippen LogP contribution in [0.3, 0.4) is 0 Å². The van der Waals surface area contributed by atoms with Crippen molar-refractivity contribution in [3.8, 4) is 5.88 Å². The van der Waals surface area contributed by atoms with Crippen LogP contribution in [-0.4, -0.2) is 34.6 Å². The Morgan fingerprint density at radius 3 is 2.47 bits per heavy atom. The third-order valence-corrected chi connectivity index (χ3v) is 4.07. The summed E-state index contributed by atoms with van der Waals surface area (Å²) in [6, 6.07) is 4.34. The van der Waals surface area contributed by atoms with Gasteiger partial charge in [-0.3, -0.25) is 9.59 Å². The summed E-state index contributed by atoms with van der Waals surface area (Å²) >= 11 is 0. The summed E-state index contributed by atoms with van der Waals surface area (Å²) in [6.45, 7) is 5.32. The number of carbonyl (C=O) groups is 2. The highest BCUT2D eigenvalue weighted by Crippen LogP contribution is 2.21. The first-order chi connectivity index (χ1) is 14.0. The van der Waals surface area contributed by atoms with Gasteiger partial charge in [0.1, 0.15) is 5.82 Å². The summed E-state index contributed by atoms with van der Waals surface area (Å²) in [5.41, 5.74) is 1.20. The maximum absolute atomic E-state index is 12.5. The molecule has 0 saturated heterocycles. The van der Waals surface area contributed by atoms with Crippen LogP contribution >= 0.6 is 0 Å². The van der Waals surface area contributed by atoms with E-state index < -0.39 is 24.7 Å². The Balaban J connectivity index is 2.05. The number of hydrogen-bond acceptors (Lipinski definition) is 5. The number of amides is 2. The molecule has 1 unspecified atom stereocenters. The highest BCUT2D eigenvalue weighted by molar-refractivity contribution is 5.94. The third kappa shape index (κ3) is 6.71. The predicted molar refractivity (Wildman–Crippen MR) is 104 cm³/mol. The lowest BCUT2D eigenvalue weighted by Gasteiger charge is -2.16. The van der Waals surface area contributed by atoms with Gasteiger partial charge in [0.2, 0.25) is 11.8 Å². The topological polar surface area (TPSA) is 93.2 Å². The number of alkyl halides is 3. The smallest absolute Gasteiger partial charge is 0.422 e. The Hall–Kier alpha value is -3.17. The van der Waals surface area contributed by atoms with Crippen molar-refractivity contribution in [3.05, 3.63) is 47.3 Å². The van der Waals surface area contributed by atoms with E-state index in [4.69, 9.17) is 0 Å². The molecule has 0 aliphatic rings. The molecule has 2 aromatic rings. The van der Waals surface area contributed by atoms with Crippen molar-refractivity contribution < 1.29 is 27.5 Å². The van der Waals surface area contributed by atoms with E-state index in [1.54, 1.807) is 32.9 Å². The minimum Gasteiger partial charge on any atom is -0.468 e. The fourth-order valence-electron chi connectivity index (χ4n) is 2.41. The zero-order valence-corrected chi connectivity index (χ0v) is 17.0. The number of aryl methyl sites for hydroxylation is 1. The van der Waals surface area contributed by atoms with Crippen LogP contribution in [0.1, 0.15) is 48.3 Å². The van der Waals surface area contributed by atoms with Gasteiger partial charge in [0.25, 0.3) is 5.91 Å². The van der Waals surface area contributed by atoms with Gasteiger partial charge in [0, 0.05) is 23.9 Å². The minimum absolute atomic E-state index is 0.175. The molecular weight excluding hydrogens is 401 g/mol. The van der Waals surface area contributed by atoms with E-state index in [0.717, 1.165) is 6.20 Å². The summed E-state index contributed by atoms with van der Waals surface area (Å²) in [5.74, 6) is -0.644. The molecule has 0 radical (unpaired) electrons. The van der Waals surface area contributed by atoms with Crippen LogP contribution in [0.5, 0.6) is 5.88 Å². The van der Waals surface area contributed by atoms with Gasteiger partial charge in [-0.2, -0.15) is 13.2 Å². The Bertz CT molecular complexity index is 916. The Morgan fingerprint density at radius 1 is 1.17 bits per heavy atom. The highest BCUT2D eigenvalue weighted by atomic mass is 19.4. The van der Waals surface area contributed by atoms with Crippen LogP contribution in [0.25, 0.3) is 0 Å². The van der Waals surface area contributed by atoms with E-state index in [1.165, 1.54) is 19.2 Å². The van der Waals surface area contributed by atoms with Gasteiger partial charge in [-0.05, 0) is 37.6 Å². The molecule has 10 heteroatoms. The van der Waals surface area contributed by atoms with Crippen LogP contribution in [0.15, 0.2) is 30.6 Å². The zero-order chi connectivity index (χ0) is 22.5. The number of hydrogen-bond donors (Lipinski definition) is 2. The number of halogens is 3. The van der Waals surface area contributed by atoms with Crippen molar-refractivity contribution in [3.63, 3.8) is 0 Å². The molecule has 0 aromatic carbocycles. The fraction of sp³-hybridized carbons (Fsp3) is 0.400. The molecular formula is C20H23F3N4O3. The number of aromatic nitrogens is 2. The lowest BCUT2D eigenvalue weighted by Crippen LogP contribution is -2.27. The molecule has 2 amide bonds. The van der Waals surface area contributed by atoms with Gasteiger partial charge in [-0.15, -0.1) is 0 Å². The van der Waals surface area contributed by atoms with Gasteiger partial charge in [-0.25, -0.2) is 9.97 Å². The molecule has 0 bridgehead atoms. The number of carbonyl (C=O) groups excluding carboxylic acids is 2. The number of nitrogens with one attached hydrogen (secondary N) is 2. The average molecular weight is 424 g/mol. The van der Waals surface area contributed by atoms with Crippen LogP contribution in [0, 0.1) is 12.8 Å². The van der Waals surface area contributed by atoms with E-state index in [1.807, 2.05) is 0 Å². The van der Waals surface area contributed by atoms with Crippen LogP contribution in [-0.2, 0) is 4.79 Å². The first-order valence-corrected chi connectivity index (χ1v) is 9.20. The molecule has 30 heavy (non-hydrogen) atoms. The second kappa shape index (κ2) is 9.55. The van der Waals surface area contributed by atoms with Crippen molar-refractivity contribution in [1.29, 1.82) is 0 Å². The van der Waals surface area contributed by atoms with Crippen molar-refractivity contribution in [2.24, 2.45) is 5.92 Å². The van der Waals surface area contributed by atoms with Crippen molar-refractivity contribution in [2.45, 2.75) is 39.9 Å². The van der Waals surface area contributed by atoms with Crippen LogP contribution in [0.4, 0.5) is 19.0 Å². The van der Waals surface area contributed by atoms with E-state index >= 15 is 0 Å². The molecule has 0 fully saturated rings. The number of pyridine rings is 2. The molecule has 1 atom stereocenters. The minimum atomic E-state index is -4.47. The first-order valence-electron chi connectivity index (χ1n) is 9.20. The molecule has 2 aromatic heterocycles. The zero-order valence-electron chi connectivity index (χ0n) is 17.0. The van der Waals surface area contributed by atoms with E-state index in [-0.39, 0.29) is 23.3 Å². The second-order valence-electron chi connectivity index (χ2n) is 7.06. The second-order valence-corrected chi connectivity index (χ2v) is 7.06. The number of nitrogens with zero attached hydrogens (tertiary/aromatic N) is 2. The maximum Gasteiger partial charge on any atom is 0.422 e. The van der Waals surface area contributed by atoms with Gasteiger partial charge in [0.15, 0.2) is 6.61 Å². The molecule has 2 N–H and O–H groups in total. The average Bonchev–Trinajstić information content (AvgIpc) is 2.66. The Labute approximate surface area is 172 Å². The molecule has 162 valence electrons. The largest absolute Gasteiger partial charge is 0.468 e. The summed E-state index contributed by atoms with van der Waals surface area (Å²) in [4.78, 5) is 32.2. The van der Waals surface area contributed by atoms with Gasteiger partial charge < -0.3 is 15.4 Å². The lowest BCUT2D eigenvalue weighted by molar-refractivity contribution is -0.154. The quantitative estimate of drug-likeness (QED) is 0.705. The third-order valence-electron chi connectivity index (χ3n) is 4.07. The summed E-state index contributed by atoms with van der Waals surface area (Å²) in [6.07, 6.45) is -1.80. The van der Waals surface area contributed by atoms with Crippen molar-refractivity contribution in [1.82, 2.24) is 15.3 Å². The maximum atomic E-state index is 12.5. The summed E-state index contributed by atoms with van der Waals surface area (Å²) in [7, 11) is 0. The van der Waals surface area contributed by atoms with Crippen molar-refractivity contribution in [2.75, 3.05) is 11.9 Å².